The molecule has 10 heavy (non-hydrogen) atoms. The monoisotopic (exact) mass is 138 g/mol. The van der Waals surface area contributed by atoms with Crippen LogP contribution in [-0.2, 0) is 11.4 Å². The van der Waals surface area contributed by atoms with Gasteiger partial charge in [-0.15, -0.1) is 0 Å². The summed E-state index contributed by atoms with van der Waals surface area (Å²) in [4.78, 5) is 4.43. The summed E-state index contributed by atoms with van der Waals surface area (Å²) in [6.45, 7) is 0.431. The van der Waals surface area contributed by atoms with Crippen LogP contribution in [0.2, 0.25) is 0 Å². The SMILES string of the molecule is NOCc1ccc(N)cc1. The van der Waals surface area contributed by atoms with Gasteiger partial charge in [0.05, 0.1) is 6.61 Å². The standard InChI is InChI=1S/C7H10N2O/c8-7-3-1-6(2-4-7)5-10-9/h1-4H,5,8-9H2. The molecule has 0 atom stereocenters. The van der Waals surface area contributed by atoms with Gasteiger partial charge in [0.1, 0.15) is 0 Å². The van der Waals surface area contributed by atoms with Crippen molar-refractivity contribution >= 4 is 5.69 Å². The highest BCUT2D eigenvalue weighted by molar-refractivity contribution is 5.38. The molecular formula is C7H10N2O. The molecule has 0 bridgehead atoms. The lowest BCUT2D eigenvalue weighted by atomic mass is 10.2. The Balaban J connectivity index is 2.69. The van der Waals surface area contributed by atoms with Gasteiger partial charge in [-0.3, -0.25) is 4.84 Å². The molecule has 1 aromatic rings. The van der Waals surface area contributed by atoms with Crippen LogP contribution < -0.4 is 11.6 Å². The molecular weight excluding hydrogens is 128 g/mol. The van der Waals surface area contributed by atoms with Crippen molar-refractivity contribution in [3.8, 4) is 0 Å². The maximum Gasteiger partial charge on any atom is 0.0930 e. The van der Waals surface area contributed by atoms with Crippen LogP contribution in [-0.4, -0.2) is 0 Å². The lowest BCUT2D eigenvalue weighted by Gasteiger charge is -1.97. The first-order chi connectivity index (χ1) is 4.83. The van der Waals surface area contributed by atoms with Crippen molar-refractivity contribution in [1.29, 1.82) is 0 Å². The Hall–Kier alpha value is -1.06. The summed E-state index contributed by atoms with van der Waals surface area (Å²) in [7, 11) is 0. The smallest absolute Gasteiger partial charge is 0.0930 e. The van der Waals surface area contributed by atoms with Crippen molar-refractivity contribution in [3.05, 3.63) is 29.8 Å². The Morgan fingerprint density at radius 2 is 1.80 bits per heavy atom. The number of nitrogens with two attached hydrogens (primary N) is 2. The van der Waals surface area contributed by atoms with E-state index in [0.29, 0.717) is 6.61 Å². The molecule has 0 fully saturated rings. The number of rotatable bonds is 2. The van der Waals surface area contributed by atoms with Crippen LogP contribution in [0.1, 0.15) is 5.56 Å². The van der Waals surface area contributed by atoms with Crippen LogP contribution in [0.15, 0.2) is 24.3 Å². The van der Waals surface area contributed by atoms with Gasteiger partial charge in [-0.1, -0.05) is 12.1 Å². The fourth-order valence-electron chi connectivity index (χ4n) is 0.710. The highest BCUT2D eigenvalue weighted by Crippen LogP contribution is 2.05. The molecule has 1 rings (SSSR count). The lowest BCUT2D eigenvalue weighted by molar-refractivity contribution is 0.124. The van der Waals surface area contributed by atoms with Crippen molar-refractivity contribution in [2.45, 2.75) is 6.61 Å². The van der Waals surface area contributed by atoms with Gasteiger partial charge in [-0.2, -0.15) is 0 Å². The first-order valence-corrected chi connectivity index (χ1v) is 2.99. The summed E-state index contributed by atoms with van der Waals surface area (Å²) in [5.41, 5.74) is 7.23. The Bertz CT molecular complexity index is 195. The molecule has 0 aliphatic heterocycles. The maximum atomic E-state index is 5.45. The van der Waals surface area contributed by atoms with Gasteiger partial charge in [0, 0.05) is 5.69 Å². The van der Waals surface area contributed by atoms with Gasteiger partial charge >= 0.3 is 0 Å². The van der Waals surface area contributed by atoms with E-state index in [1.807, 2.05) is 24.3 Å². The van der Waals surface area contributed by atoms with Crippen LogP contribution in [0.3, 0.4) is 0 Å². The molecule has 0 aromatic heterocycles. The molecule has 0 radical (unpaired) electrons. The van der Waals surface area contributed by atoms with Crippen LogP contribution in [0.25, 0.3) is 0 Å². The van der Waals surface area contributed by atoms with Gasteiger partial charge in [-0.25, -0.2) is 5.90 Å². The molecule has 0 spiro atoms. The van der Waals surface area contributed by atoms with E-state index >= 15 is 0 Å². The summed E-state index contributed by atoms with van der Waals surface area (Å²) in [6.07, 6.45) is 0. The number of anilines is 1. The molecule has 1 aromatic carbocycles. The molecule has 54 valence electrons. The fraction of sp³-hybridized carbons (Fsp3) is 0.143. The van der Waals surface area contributed by atoms with Gasteiger partial charge in [0.15, 0.2) is 0 Å². The molecule has 0 saturated carbocycles. The normalized spacial score (nSPS) is 9.70. The van der Waals surface area contributed by atoms with Crippen molar-refractivity contribution in [2.75, 3.05) is 5.73 Å². The quantitative estimate of drug-likeness (QED) is 0.466. The van der Waals surface area contributed by atoms with E-state index in [1.54, 1.807) is 0 Å². The predicted molar refractivity (Wildman–Crippen MR) is 39.8 cm³/mol. The van der Waals surface area contributed by atoms with Gasteiger partial charge in [-0.05, 0) is 17.7 Å². The summed E-state index contributed by atoms with van der Waals surface area (Å²) in [5.74, 6) is 4.87. The highest BCUT2D eigenvalue weighted by Gasteiger charge is 1.89. The summed E-state index contributed by atoms with van der Waals surface area (Å²) in [6, 6.07) is 7.38. The van der Waals surface area contributed by atoms with Crippen LogP contribution in [0.5, 0.6) is 0 Å². The van der Waals surface area contributed by atoms with Crippen molar-refractivity contribution < 1.29 is 4.84 Å². The highest BCUT2D eigenvalue weighted by atomic mass is 16.6. The van der Waals surface area contributed by atoms with E-state index in [4.69, 9.17) is 11.6 Å². The van der Waals surface area contributed by atoms with E-state index in [2.05, 4.69) is 4.84 Å². The second-order valence-corrected chi connectivity index (χ2v) is 2.05. The van der Waals surface area contributed by atoms with Crippen molar-refractivity contribution in [1.82, 2.24) is 0 Å². The zero-order valence-corrected chi connectivity index (χ0v) is 5.58. The molecule has 0 heterocycles. The molecule has 0 aliphatic carbocycles. The minimum absolute atomic E-state index is 0.431. The van der Waals surface area contributed by atoms with Crippen molar-refractivity contribution in [3.63, 3.8) is 0 Å². The molecule has 0 amide bonds. The minimum atomic E-state index is 0.431. The average molecular weight is 138 g/mol. The van der Waals surface area contributed by atoms with Crippen molar-refractivity contribution in [2.24, 2.45) is 5.90 Å². The Morgan fingerprint density at radius 1 is 1.20 bits per heavy atom. The molecule has 0 unspecified atom stereocenters. The van der Waals surface area contributed by atoms with Gasteiger partial charge < -0.3 is 5.73 Å². The molecule has 3 nitrogen and oxygen atoms in total. The minimum Gasteiger partial charge on any atom is -0.399 e. The number of hydrogen-bond acceptors (Lipinski definition) is 3. The van der Waals surface area contributed by atoms with Crippen LogP contribution in [0, 0.1) is 0 Å². The van der Waals surface area contributed by atoms with Crippen LogP contribution >= 0.6 is 0 Å². The maximum absolute atomic E-state index is 5.45. The second kappa shape index (κ2) is 3.20. The topological polar surface area (TPSA) is 61.3 Å². The van der Waals surface area contributed by atoms with Gasteiger partial charge in [0.2, 0.25) is 0 Å². The Kier molecular flexibility index (Phi) is 2.25. The van der Waals surface area contributed by atoms with Gasteiger partial charge in [0.25, 0.3) is 0 Å². The predicted octanol–water partition coefficient (Wildman–Crippen LogP) is 0.659. The summed E-state index contributed by atoms with van der Waals surface area (Å²) < 4.78 is 0. The zero-order chi connectivity index (χ0) is 7.40. The lowest BCUT2D eigenvalue weighted by Crippen LogP contribution is -1.98. The first-order valence-electron chi connectivity index (χ1n) is 2.99. The Morgan fingerprint density at radius 3 is 2.30 bits per heavy atom. The third kappa shape index (κ3) is 1.72. The summed E-state index contributed by atoms with van der Waals surface area (Å²) in [5, 5.41) is 0. The van der Waals surface area contributed by atoms with E-state index in [9.17, 15) is 0 Å². The van der Waals surface area contributed by atoms with E-state index in [-0.39, 0.29) is 0 Å². The summed E-state index contributed by atoms with van der Waals surface area (Å²) >= 11 is 0. The van der Waals surface area contributed by atoms with E-state index in [0.717, 1.165) is 11.3 Å². The van der Waals surface area contributed by atoms with E-state index in [1.165, 1.54) is 0 Å². The number of hydrogen-bond donors (Lipinski definition) is 2. The third-order valence-electron chi connectivity index (χ3n) is 1.23. The van der Waals surface area contributed by atoms with Crippen LogP contribution in [0.4, 0.5) is 5.69 Å². The Labute approximate surface area is 59.5 Å². The average Bonchev–Trinajstić information content (AvgIpc) is 1.95. The number of benzene rings is 1. The molecule has 0 aliphatic rings. The number of nitrogen functional groups attached to an aromatic ring is 1. The van der Waals surface area contributed by atoms with E-state index < -0.39 is 0 Å². The zero-order valence-electron chi connectivity index (χ0n) is 5.58. The molecule has 3 heteroatoms. The fourth-order valence-corrected chi connectivity index (χ4v) is 0.710. The molecule has 0 saturated heterocycles. The largest absolute Gasteiger partial charge is 0.399 e. The second-order valence-electron chi connectivity index (χ2n) is 2.05. The molecule has 4 N–H and O–H groups in total. The first kappa shape index (κ1) is 7.05. The third-order valence-corrected chi connectivity index (χ3v) is 1.23.